The quantitative estimate of drug-likeness (QED) is 0.908. The number of rotatable bonds is 5. The monoisotopic (exact) mass is 273 g/mol. The molecule has 0 aliphatic carbocycles. The Morgan fingerprint density at radius 2 is 1.90 bits per heavy atom. The van der Waals surface area contributed by atoms with Gasteiger partial charge in [0, 0.05) is 25.0 Å². The molecule has 1 heterocycles. The van der Waals surface area contributed by atoms with Gasteiger partial charge in [0.15, 0.2) is 0 Å². The number of anilines is 2. The molecule has 0 fully saturated rings. The van der Waals surface area contributed by atoms with E-state index >= 15 is 0 Å². The van der Waals surface area contributed by atoms with Crippen molar-refractivity contribution in [2.75, 3.05) is 11.9 Å². The molecule has 0 spiro atoms. The lowest BCUT2D eigenvalue weighted by molar-refractivity contribution is 0.628. The van der Waals surface area contributed by atoms with Gasteiger partial charge in [0.1, 0.15) is 11.6 Å². The molecule has 1 aromatic carbocycles. The highest BCUT2D eigenvalue weighted by molar-refractivity contribution is 5.59. The van der Waals surface area contributed by atoms with Gasteiger partial charge in [-0.25, -0.2) is 9.37 Å². The van der Waals surface area contributed by atoms with Gasteiger partial charge in [0.25, 0.3) is 0 Å². The maximum atomic E-state index is 13.0. The van der Waals surface area contributed by atoms with Crippen LogP contribution in [0.25, 0.3) is 0 Å². The molecule has 2 aromatic rings. The number of hydrogen-bond donors (Lipinski definition) is 1. The molecular weight excluding hydrogens is 253 g/mol. The van der Waals surface area contributed by atoms with E-state index in [1.54, 1.807) is 12.1 Å². The smallest absolute Gasteiger partial charge is 0.133 e. The lowest BCUT2D eigenvalue weighted by atomic mass is 10.1. The topological polar surface area (TPSA) is 42.1 Å². The first-order chi connectivity index (χ1) is 9.63. The van der Waals surface area contributed by atoms with Crippen molar-refractivity contribution in [2.24, 2.45) is 5.73 Å². The third kappa shape index (κ3) is 3.33. The summed E-state index contributed by atoms with van der Waals surface area (Å²) in [6.45, 7) is 2.61. The Kier molecular flexibility index (Phi) is 4.69. The average Bonchev–Trinajstić information content (AvgIpc) is 2.47. The molecule has 20 heavy (non-hydrogen) atoms. The molecule has 3 nitrogen and oxygen atoms in total. The third-order valence-electron chi connectivity index (χ3n) is 3.22. The minimum atomic E-state index is -0.238. The van der Waals surface area contributed by atoms with Gasteiger partial charge in [-0.1, -0.05) is 13.3 Å². The van der Waals surface area contributed by atoms with Gasteiger partial charge in [0.05, 0.1) is 0 Å². The summed E-state index contributed by atoms with van der Waals surface area (Å²) in [4.78, 5) is 6.59. The average molecular weight is 273 g/mol. The van der Waals surface area contributed by atoms with Crippen LogP contribution in [0.4, 0.5) is 15.9 Å². The summed E-state index contributed by atoms with van der Waals surface area (Å²) >= 11 is 0. The molecule has 0 saturated carbocycles. The Bertz CT molecular complexity index is 566. The largest absolute Gasteiger partial charge is 0.329 e. The van der Waals surface area contributed by atoms with Crippen molar-refractivity contribution in [2.45, 2.75) is 26.3 Å². The Balaban J connectivity index is 2.34. The molecular formula is C16H20FN3. The van der Waals surface area contributed by atoms with E-state index in [0.717, 1.165) is 35.6 Å². The summed E-state index contributed by atoms with van der Waals surface area (Å²) in [7, 11) is 1.92. The highest BCUT2D eigenvalue weighted by Crippen LogP contribution is 2.23. The molecule has 106 valence electrons. The van der Waals surface area contributed by atoms with Crippen LogP contribution in [0.5, 0.6) is 0 Å². The van der Waals surface area contributed by atoms with Gasteiger partial charge in [-0.05, 0) is 48.4 Å². The van der Waals surface area contributed by atoms with Crippen molar-refractivity contribution >= 4 is 11.5 Å². The second kappa shape index (κ2) is 6.48. The van der Waals surface area contributed by atoms with Gasteiger partial charge in [-0.3, -0.25) is 0 Å². The molecule has 4 heteroatoms. The molecule has 0 atom stereocenters. The first-order valence-electron chi connectivity index (χ1n) is 6.83. The molecule has 1 aromatic heterocycles. The zero-order valence-corrected chi connectivity index (χ0v) is 11.9. The van der Waals surface area contributed by atoms with Crippen molar-refractivity contribution in [3.8, 4) is 0 Å². The van der Waals surface area contributed by atoms with Crippen molar-refractivity contribution in [3.63, 3.8) is 0 Å². The second-order valence-electron chi connectivity index (χ2n) is 4.81. The summed E-state index contributed by atoms with van der Waals surface area (Å²) < 4.78 is 13.0. The number of nitrogens with zero attached hydrogens (tertiary/aromatic N) is 2. The summed E-state index contributed by atoms with van der Waals surface area (Å²) in [6, 6.07) is 10.4. The number of aryl methyl sites for hydroxylation is 1. The fourth-order valence-corrected chi connectivity index (χ4v) is 2.10. The van der Waals surface area contributed by atoms with Crippen molar-refractivity contribution in [3.05, 3.63) is 53.5 Å². The minimum absolute atomic E-state index is 0.238. The highest BCUT2D eigenvalue weighted by atomic mass is 19.1. The Labute approximate surface area is 119 Å². The summed E-state index contributed by atoms with van der Waals surface area (Å²) in [6.07, 6.45) is 1.97. The van der Waals surface area contributed by atoms with Crippen LogP contribution in [-0.4, -0.2) is 12.0 Å². The van der Waals surface area contributed by atoms with Crippen molar-refractivity contribution in [1.82, 2.24) is 4.98 Å². The SMILES string of the molecule is CCCc1cc(CN)cc(N(C)c2ccc(F)cc2)n1. The number of pyridine rings is 1. The van der Waals surface area contributed by atoms with E-state index in [4.69, 9.17) is 5.73 Å². The van der Waals surface area contributed by atoms with Crippen molar-refractivity contribution in [1.29, 1.82) is 0 Å². The van der Waals surface area contributed by atoms with E-state index in [1.807, 2.05) is 24.1 Å². The number of hydrogen-bond acceptors (Lipinski definition) is 3. The Morgan fingerprint density at radius 1 is 1.20 bits per heavy atom. The summed E-state index contributed by atoms with van der Waals surface area (Å²) in [5.74, 6) is 0.598. The number of aromatic nitrogens is 1. The molecule has 0 amide bonds. The fourth-order valence-electron chi connectivity index (χ4n) is 2.10. The van der Waals surface area contributed by atoms with E-state index in [9.17, 15) is 4.39 Å². The third-order valence-corrected chi connectivity index (χ3v) is 3.22. The van der Waals surface area contributed by atoms with E-state index in [2.05, 4.69) is 11.9 Å². The summed E-state index contributed by atoms with van der Waals surface area (Å²) in [5, 5.41) is 0. The zero-order chi connectivity index (χ0) is 14.5. The van der Waals surface area contributed by atoms with Crippen LogP contribution in [0.15, 0.2) is 36.4 Å². The maximum Gasteiger partial charge on any atom is 0.133 e. The molecule has 0 unspecified atom stereocenters. The van der Waals surface area contributed by atoms with Crippen LogP contribution < -0.4 is 10.6 Å². The van der Waals surface area contributed by atoms with Crippen LogP contribution >= 0.6 is 0 Å². The Morgan fingerprint density at radius 3 is 2.50 bits per heavy atom. The standard InChI is InChI=1S/C16H20FN3/c1-3-4-14-9-12(11-18)10-16(19-14)20(2)15-7-5-13(17)6-8-15/h5-10H,3-4,11,18H2,1-2H3. The van der Waals surface area contributed by atoms with Gasteiger partial charge in [-0.15, -0.1) is 0 Å². The van der Waals surface area contributed by atoms with Gasteiger partial charge in [-0.2, -0.15) is 0 Å². The van der Waals surface area contributed by atoms with E-state index in [-0.39, 0.29) is 5.82 Å². The van der Waals surface area contributed by atoms with Gasteiger partial charge >= 0.3 is 0 Å². The molecule has 2 N–H and O–H groups in total. The van der Waals surface area contributed by atoms with E-state index < -0.39 is 0 Å². The lowest BCUT2D eigenvalue weighted by Gasteiger charge is -2.20. The van der Waals surface area contributed by atoms with Gasteiger partial charge in [0.2, 0.25) is 0 Å². The predicted octanol–water partition coefficient (Wildman–Crippen LogP) is 3.40. The predicted molar refractivity (Wildman–Crippen MR) is 80.6 cm³/mol. The van der Waals surface area contributed by atoms with E-state index in [1.165, 1.54) is 12.1 Å². The van der Waals surface area contributed by atoms with Crippen LogP contribution in [-0.2, 0) is 13.0 Å². The minimum Gasteiger partial charge on any atom is -0.329 e. The highest BCUT2D eigenvalue weighted by Gasteiger charge is 2.08. The fraction of sp³-hybridized carbons (Fsp3) is 0.312. The molecule has 2 rings (SSSR count). The number of halogens is 1. The van der Waals surface area contributed by atoms with Crippen LogP contribution in [0, 0.1) is 5.82 Å². The first-order valence-corrected chi connectivity index (χ1v) is 6.83. The molecule has 0 radical (unpaired) electrons. The van der Waals surface area contributed by atoms with Crippen LogP contribution in [0.1, 0.15) is 24.6 Å². The molecule has 0 aliphatic rings. The number of nitrogens with two attached hydrogens (primary N) is 1. The lowest BCUT2D eigenvalue weighted by Crippen LogP contribution is -2.13. The van der Waals surface area contributed by atoms with Crippen LogP contribution in [0.3, 0.4) is 0 Å². The maximum absolute atomic E-state index is 13.0. The van der Waals surface area contributed by atoms with E-state index in [0.29, 0.717) is 6.54 Å². The number of benzene rings is 1. The normalized spacial score (nSPS) is 10.6. The van der Waals surface area contributed by atoms with Crippen molar-refractivity contribution < 1.29 is 4.39 Å². The van der Waals surface area contributed by atoms with Gasteiger partial charge < -0.3 is 10.6 Å². The first kappa shape index (κ1) is 14.5. The zero-order valence-electron chi connectivity index (χ0n) is 11.9. The Hall–Kier alpha value is -1.94. The molecule has 0 aliphatic heterocycles. The summed E-state index contributed by atoms with van der Waals surface area (Å²) in [5.41, 5.74) is 8.75. The molecule has 0 bridgehead atoms. The second-order valence-corrected chi connectivity index (χ2v) is 4.81. The molecule has 0 saturated heterocycles. The van der Waals surface area contributed by atoms with Crippen LogP contribution in [0.2, 0.25) is 0 Å².